The number of fused-ring (bicyclic) bond motifs is 5. The monoisotopic (exact) mass is 445 g/mol. The van der Waals surface area contributed by atoms with Crippen molar-refractivity contribution in [3.63, 3.8) is 0 Å². The number of carbonyl (C=O) groups excluding carboxylic acids is 1. The summed E-state index contributed by atoms with van der Waals surface area (Å²) in [6.45, 7) is 0.133. The number of hydrogen-bond donors (Lipinski definition) is 1. The molecule has 31 heavy (non-hydrogen) atoms. The number of amides is 1. The van der Waals surface area contributed by atoms with Gasteiger partial charge in [0.1, 0.15) is 0 Å². The van der Waals surface area contributed by atoms with E-state index in [4.69, 9.17) is 11.6 Å². The van der Waals surface area contributed by atoms with Crippen LogP contribution in [0.2, 0.25) is 5.02 Å². The van der Waals surface area contributed by atoms with Crippen molar-refractivity contribution in [2.45, 2.75) is 43.8 Å². The van der Waals surface area contributed by atoms with E-state index < -0.39 is 11.7 Å². The predicted octanol–water partition coefficient (Wildman–Crippen LogP) is 5.84. The van der Waals surface area contributed by atoms with Crippen LogP contribution in [0.25, 0.3) is 5.69 Å². The van der Waals surface area contributed by atoms with Crippen LogP contribution >= 0.6 is 11.6 Å². The maximum absolute atomic E-state index is 13.0. The van der Waals surface area contributed by atoms with Crippen molar-refractivity contribution in [2.24, 2.45) is 0 Å². The van der Waals surface area contributed by atoms with E-state index in [1.54, 1.807) is 12.1 Å². The minimum atomic E-state index is -4.38. The zero-order valence-corrected chi connectivity index (χ0v) is 17.2. The van der Waals surface area contributed by atoms with Crippen LogP contribution in [0.3, 0.4) is 0 Å². The molecule has 5 rings (SSSR count). The summed E-state index contributed by atoms with van der Waals surface area (Å²) in [5.74, 6) is 0.406. The maximum Gasteiger partial charge on any atom is 0.416 e. The number of benzene rings is 2. The third kappa shape index (κ3) is 3.61. The Hall–Kier alpha value is -2.80. The standard InChI is InChI=1S/C23H19ClF3N3O/c24-17-7-9-18(10-8-17)30-21-15-4-3-14(11-15)19(21)20(29-30)22(31)28-12-13-1-5-16(6-2-13)23(25,26)27/h1-2,5-10,14-15H,3-4,11-12H2,(H,28,31)/t14-,15-/m0/s1. The molecule has 0 unspecified atom stereocenters. The van der Waals surface area contributed by atoms with Gasteiger partial charge in [0, 0.05) is 23.0 Å². The Balaban J connectivity index is 1.40. The molecule has 8 heteroatoms. The predicted molar refractivity (Wildman–Crippen MR) is 111 cm³/mol. The van der Waals surface area contributed by atoms with Gasteiger partial charge in [-0.05, 0) is 67.1 Å². The van der Waals surface area contributed by atoms with E-state index >= 15 is 0 Å². The first-order valence-electron chi connectivity index (χ1n) is 10.1. The number of rotatable bonds is 4. The highest BCUT2D eigenvalue weighted by Crippen LogP contribution is 2.54. The third-order valence-electron chi connectivity index (χ3n) is 6.21. The minimum Gasteiger partial charge on any atom is -0.347 e. The van der Waals surface area contributed by atoms with Crippen molar-refractivity contribution in [2.75, 3.05) is 0 Å². The number of alkyl halides is 3. The van der Waals surface area contributed by atoms with Crippen molar-refractivity contribution < 1.29 is 18.0 Å². The first kappa shape index (κ1) is 20.1. The lowest BCUT2D eigenvalue weighted by atomic mass is 9.95. The molecule has 0 radical (unpaired) electrons. The molecule has 3 aromatic rings. The average Bonchev–Trinajstić information content (AvgIpc) is 3.45. The van der Waals surface area contributed by atoms with Gasteiger partial charge >= 0.3 is 6.18 Å². The Bertz CT molecular complexity index is 1140. The summed E-state index contributed by atoms with van der Waals surface area (Å²) < 4.78 is 40.0. The van der Waals surface area contributed by atoms with Gasteiger partial charge in [0.2, 0.25) is 0 Å². The molecule has 1 amide bonds. The van der Waals surface area contributed by atoms with Gasteiger partial charge in [-0.3, -0.25) is 4.79 Å². The first-order chi connectivity index (χ1) is 14.8. The number of carbonyl (C=O) groups is 1. The first-order valence-corrected chi connectivity index (χ1v) is 10.5. The second-order valence-electron chi connectivity index (χ2n) is 8.12. The lowest BCUT2D eigenvalue weighted by molar-refractivity contribution is -0.137. The molecule has 2 aliphatic rings. The van der Waals surface area contributed by atoms with Crippen LogP contribution in [0.4, 0.5) is 13.2 Å². The molecular formula is C23H19ClF3N3O. The quantitative estimate of drug-likeness (QED) is 0.548. The molecule has 0 aliphatic heterocycles. The number of nitrogens with one attached hydrogen (secondary N) is 1. The largest absolute Gasteiger partial charge is 0.416 e. The van der Waals surface area contributed by atoms with Gasteiger partial charge in [-0.1, -0.05) is 23.7 Å². The van der Waals surface area contributed by atoms with Crippen molar-refractivity contribution in [1.82, 2.24) is 15.1 Å². The van der Waals surface area contributed by atoms with Crippen molar-refractivity contribution in [3.8, 4) is 5.69 Å². The van der Waals surface area contributed by atoms with E-state index in [2.05, 4.69) is 10.4 Å². The summed E-state index contributed by atoms with van der Waals surface area (Å²) in [6.07, 6.45) is -1.22. The molecule has 4 nitrogen and oxygen atoms in total. The maximum atomic E-state index is 13.0. The molecule has 1 saturated carbocycles. The lowest BCUT2D eigenvalue weighted by Gasteiger charge is -2.14. The zero-order chi connectivity index (χ0) is 21.8. The molecule has 2 bridgehead atoms. The fraction of sp³-hybridized carbons (Fsp3) is 0.304. The topological polar surface area (TPSA) is 46.9 Å². The molecule has 2 aliphatic carbocycles. The molecule has 2 aromatic carbocycles. The second kappa shape index (κ2) is 7.41. The molecule has 2 atom stereocenters. The third-order valence-corrected chi connectivity index (χ3v) is 6.46. The number of hydrogen-bond acceptors (Lipinski definition) is 2. The summed E-state index contributed by atoms with van der Waals surface area (Å²) in [4.78, 5) is 13.0. The van der Waals surface area contributed by atoms with Crippen LogP contribution in [-0.4, -0.2) is 15.7 Å². The van der Waals surface area contributed by atoms with E-state index in [9.17, 15) is 18.0 Å². The number of halogens is 4. The van der Waals surface area contributed by atoms with Crippen LogP contribution < -0.4 is 5.32 Å². The molecule has 1 aromatic heterocycles. The number of nitrogens with zero attached hydrogens (tertiary/aromatic N) is 2. The Morgan fingerprint density at radius 2 is 1.74 bits per heavy atom. The Kier molecular flexibility index (Phi) is 4.81. The SMILES string of the molecule is O=C(NCc1ccc(C(F)(F)F)cc1)c1nn(-c2ccc(Cl)cc2)c2c1[C@H]1CC[C@H]2C1. The second-order valence-corrected chi connectivity index (χ2v) is 8.56. The van der Waals surface area contributed by atoms with Gasteiger partial charge in [-0.15, -0.1) is 0 Å². The van der Waals surface area contributed by atoms with Crippen LogP contribution in [-0.2, 0) is 12.7 Å². The van der Waals surface area contributed by atoms with Gasteiger partial charge in [0.15, 0.2) is 5.69 Å². The molecule has 1 fully saturated rings. The van der Waals surface area contributed by atoms with Gasteiger partial charge in [0.25, 0.3) is 5.91 Å². The summed E-state index contributed by atoms with van der Waals surface area (Å²) >= 11 is 6.01. The Labute approximate surface area is 182 Å². The molecule has 0 saturated heterocycles. The fourth-order valence-corrected chi connectivity index (χ4v) is 4.88. The fourth-order valence-electron chi connectivity index (χ4n) is 4.76. The van der Waals surface area contributed by atoms with Gasteiger partial charge < -0.3 is 5.32 Å². The zero-order valence-electron chi connectivity index (χ0n) is 16.4. The molecule has 160 valence electrons. The average molecular weight is 446 g/mol. The van der Waals surface area contributed by atoms with Crippen LogP contribution in [0.1, 0.15) is 64.0 Å². The Morgan fingerprint density at radius 1 is 1.06 bits per heavy atom. The molecule has 0 spiro atoms. The highest BCUT2D eigenvalue weighted by molar-refractivity contribution is 6.30. The van der Waals surface area contributed by atoms with E-state index in [0.717, 1.165) is 48.3 Å². The number of aromatic nitrogens is 2. The smallest absolute Gasteiger partial charge is 0.347 e. The van der Waals surface area contributed by atoms with E-state index in [1.807, 2.05) is 16.8 Å². The summed E-state index contributed by atoms with van der Waals surface area (Å²) in [6, 6.07) is 12.1. The highest BCUT2D eigenvalue weighted by atomic mass is 35.5. The van der Waals surface area contributed by atoms with E-state index in [-0.39, 0.29) is 12.5 Å². The van der Waals surface area contributed by atoms with Crippen LogP contribution in [0.5, 0.6) is 0 Å². The van der Waals surface area contributed by atoms with Gasteiger partial charge in [-0.25, -0.2) is 4.68 Å². The Morgan fingerprint density at radius 3 is 2.42 bits per heavy atom. The van der Waals surface area contributed by atoms with E-state index in [0.29, 0.717) is 28.1 Å². The normalized spacial score (nSPS) is 19.5. The lowest BCUT2D eigenvalue weighted by Crippen LogP contribution is -2.24. The van der Waals surface area contributed by atoms with Gasteiger partial charge in [-0.2, -0.15) is 18.3 Å². The van der Waals surface area contributed by atoms with Gasteiger partial charge in [0.05, 0.1) is 16.9 Å². The van der Waals surface area contributed by atoms with Crippen LogP contribution in [0, 0.1) is 0 Å². The van der Waals surface area contributed by atoms with Crippen molar-refractivity contribution in [1.29, 1.82) is 0 Å². The summed E-state index contributed by atoms with van der Waals surface area (Å²) in [7, 11) is 0. The van der Waals surface area contributed by atoms with Crippen molar-refractivity contribution in [3.05, 3.63) is 81.6 Å². The molecular weight excluding hydrogens is 427 g/mol. The van der Waals surface area contributed by atoms with E-state index in [1.165, 1.54) is 12.1 Å². The summed E-state index contributed by atoms with van der Waals surface area (Å²) in [5.41, 5.74) is 3.25. The molecule has 1 N–H and O–H groups in total. The molecule has 1 heterocycles. The highest BCUT2D eigenvalue weighted by Gasteiger charge is 2.44. The summed E-state index contributed by atoms with van der Waals surface area (Å²) in [5, 5.41) is 8.09. The van der Waals surface area contributed by atoms with Crippen LogP contribution in [0.15, 0.2) is 48.5 Å². The van der Waals surface area contributed by atoms with Crippen molar-refractivity contribution >= 4 is 17.5 Å². The minimum absolute atomic E-state index is 0.133.